The standard InChI is InChI=1S/C20H16F4N4O7/c1-27-14(20(22,23)24)7-16(29)28(19(27)32)11-6-13(10(25)5-9(11)21)35-12-3-4-15(33-2)26-18(12)34-8-17(30)31/h3-7H,8,25H2,1-2H3,(H,30,31)/p-1. The molecule has 0 bridgehead atoms. The molecule has 0 amide bonds. The second-order valence-electron chi connectivity index (χ2n) is 6.80. The lowest BCUT2D eigenvalue weighted by Crippen LogP contribution is -2.41. The molecule has 35 heavy (non-hydrogen) atoms. The van der Waals surface area contributed by atoms with Gasteiger partial charge in [-0.25, -0.2) is 13.8 Å². The van der Waals surface area contributed by atoms with Gasteiger partial charge in [0.15, 0.2) is 11.5 Å². The molecule has 0 aliphatic heterocycles. The molecule has 15 heteroatoms. The topological polar surface area (TPSA) is 151 Å². The van der Waals surface area contributed by atoms with Crippen LogP contribution in [0, 0.1) is 5.82 Å². The van der Waals surface area contributed by atoms with Crippen molar-refractivity contribution in [3.05, 3.63) is 62.7 Å². The smallest absolute Gasteiger partial charge is 0.431 e. The number of nitrogens with two attached hydrogens (primary N) is 1. The predicted octanol–water partition coefficient (Wildman–Crippen LogP) is 0.601. The summed E-state index contributed by atoms with van der Waals surface area (Å²) in [5, 5.41) is 10.7. The maximum atomic E-state index is 14.7. The first kappa shape index (κ1) is 25.1. The second kappa shape index (κ2) is 9.36. The van der Waals surface area contributed by atoms with Gasteiger partial charge in [0.1, 0.15) is 18.1 Å². The summed E-state index contributed by atoms with van der Waals surface area (Å²) >= 11 is 0. The molecule has 11 nitrogen and oxygen atoms in total. The molecule has 0 aliphatic rings. The number of hydrogen-bond acceptors (Lipinski definition) is 9. The molecule has 0 atom stereocenters. The zero-order valence-corrected chi connectivity index (χ0v) is 17.9. The summed E-state index contributed by atoms with van der Waals surface area (Å²) in [6, 6.07) is 4.15. The highest BCUT2D eigenvalue weighted by molar-refractivity contribution is 5.66. The third-order valence-corrected chi connectivity index (χ3v) is 4.49. The van der Waals surface area contributed by atoms with Crippen molar-refractivity contribution >= 4 is 11.7 Å². The van der Waals surface area contributed by atoms with Gasteiger partial charge in [0, 0.05) is 31.3 Å². The summed E-state index contributed by atoms with van der Waals surface area (Å²) in [5.41, 5.74) is 0.183. The normalized spacial score (nSPS) is 11.3. The largest absolute Gasteiger partial charge is 0.546 e. The molecule has 0 fully saturated rings. The van der Waals surface area contributed by atoms with E-state index in [1.165, 1.54) is 19.2 Å². The van der Waals surface area contributed by atoms with Crippen LogP contribution >= 0.6 is 0 Å². The van der Waals surface area contributed by atoms with E-state index in [4.69, 9.17) is 19.9 Å². The van der Waals surface area contributed by atoms with Crippen LogP contribution in [0.3, 0.4) is 0 Å². The van der Waals surface area contributed by atoms with Gasteiger partial charge in [0.2, 0.25) is 5.88 Å². The van der Waals surface area contributed by atoms with Crippen LogP contribution in [0.5, 0.6) is 23.3 Å². The lowest BCUT2D eigenvalue weighted by molar-refractivity contribution is -0.307. The quantitative estimate of drug-likeness (QED) is 0.364. The minimum absolute atomic E-state index is 0.0123. The minimum Gasteiger partial charge on any atom is -0.546 e. The highest BCUT2D eigenvalue weighted by Crippen LogP contribution is 2.36. The lowest BCUT2D eigenvalue weighted by Gasteiger charge is -2.17. The Morgan fingerprint density at radius 2 is 1.86 bits per heavy atom. The molecule has 0 saturated heterocycles. The van der Waals surface area contributed by atoms with Gasteiger partial charge in [-0.15, -0.1) is 0 Å². The van der Waals surface area contributed by atoms with E-state index in [1.54, 1.807) is 0 Å². The number of anilines is 1. The Bertz CT molecular complexity index is 1420. The number of nitrogens with zero attached hydrogens (tertiary/aromatic N) is 3. The number of carbonyl (C=O) groups is 1. The van der Waals surface area contributed by atoms with Gasteiger partial charge in [0.05, 0.1) is 24.5 Å². The Morgan fingerprint density at radius 3 is 2.46 bits per heavy atom. The first-order valence-electron chi connectivity index (χ1n) is 9.38. The molecule has 1 aromatic carbocycles. The third-order valence-electron chi connectivity index (χ3n) is 4.49. The van der Waals surface area contributed by atoms with Crippen molar-refractivity contribution in [2.75, 3.05) is 19.5 Å². The monoisotopic (exact) mass is 499 g/mol. The third kappa shape index (κ3) is 5.18. The highest BCUT2D eigenvalue weighted by atomic mass is 19.4. The van der Waals surface area contributed by atoms with Crippen LogP contribution < -0.4 is 36.3 Å². The van der Waals surface area contributed by atoms with Crippen molar-refractivity contribution in [3.8, 4) is 28.9 Å². The number of carbonyl (C=O) groups excluding carboxylic acids is 1. The van der Waals surface area contributed by atoms with Crippen molar-refractivity contribution in [2.45, 2.75) is 6.18 Å². The molecule has 2 N–H and O–H groups in total. The molecule has 3 aromatic rings. The van der Waals surface area contributed by atoms with Crippen molar-refractivity contribution in [3.63, 3.8) is 0 Å². The Labute approximate surface area is 192 Å². The summed E-state index contributed by atoms with van der Waals surface area (Å²) < 4.78 is 69.7. The number of aromatic nitrogens is 3. The molecule has 186 valence electrons. The maximum Gasteiger partial charge on any atom is 0.431 e. The molecule has 0 aliphatic carbocycles. The van der Waals surface area contributed by atoms with Gasteiger partial charge in [-0.1, -0.05) is 0 Å². The minimum atomic E-state index is -5.01. The summed E-state index contributed by atoms with van der Waals surface area (Å²) in [7, 11) is 2.04. The number of methoxy groups -OCH3 is 1. The summed E-state index contributed by atoms with van der Waals surface area (Å²) in [5.74, 6) is -3.76. The number of alkyl halides is 3. The predicted molar refractivity (Wildman–Crippen MR) is 108 cm³/mol. The average molecular weight is 499 g/mol. The summed E-state index contributed by atoms with van der Waals surface area (Å²) in [6.45, 7) is -0.919. The number of benzene rings is 1. The molecular weight excluding hydrogens is 484 g/mol. The molecule has 2 aromatic heterocycles. The van der Waals surface area contributed by atoms with Crippen molar-refractivity contribution in [1.82, 2.24) is 14.1 Å². The van der Waals surface area contributed by atoms with Gasteiger partial charge in [-0.05, 0) is 6.07 Å². The van der Waals surface area contributed by atoms with E-state index in [2.05, 4.69) is 4.98 Å². The van der Waals surface area contributed by atoms with E-state index in [1.807, 2.05) is 0 Å². The van der Waals surface area contributed by atoms with Gasteiger partial charge in [-0.3, -0.25) is 9.36 Å². The van der Waals surface area contributed by atoms with E-state index in [9.17, 15) is 37.1 Å². The number of halogens is 4. The van der Waals surface area contributed by atoms with E-state index >= 15 is 0 Å². The SMILES string of the molecule is COc1ccc(Oc2cc(-n3c(=O)cc(C(F)(F)F)n(C)c3=O)c(F)cc2N)c(OCC(=O)[O-])n1. The highest BCUT2D eigenvalue weighted by Gasteiger charge is 2.35. The summed E-state index contributed by atoms with van der Waals surface area (Å²) in [4.78, 5) is 39.5. The number of rotatable bonds is 7. The molecule has 0 unspecified atom stereocenters. The Balaban J connectivity index is 2.13. The number of nitrogen functional groups attached to an aromatic ring is 1. The Kier molecular flexibility index (Phi) is 6.70. The van der Waals surface area contributed by atoms with Crippen LogP contribution in [0.4, 0.5) is 23.2 Å². The fourth-order valence-corrected chi connectivity index (χ4v) is 2.89. The second-order valence-corrected chi connectivity index (χ2v) is 6.80. The van der Waals surface area contributed by atoms with E-state index in [0.717, 1.165) is 13.1 Å². The number of hydrogen-bond donors (Lipinski definition) is 1. The zero-order chi connectivity index (χ0) is 26.1. The first-order chi connectivity index (χ1) is 16.3. The van der Waals surface area contributed by atoms with Gasteiger partial charge in [0.25, 0.3) is 11.4 Å². The van der Waals surface area contributed by atoms with Crippen LogP contribution in [0.15, 0.2) is 39.9 Å². The number of pyridine rings is 1. The fraction of sp³-hybridized carbons (Fsp3) is 0.200. The van der Waals surface area contributed by atoms with Crippen molar-refractivity contribution < 1.29 is 41.7 Å². The Hall–Kier alpha value is -4.56. The van der Waals surface area contributed by atoms with Gasteiger partial charge in [-0.2, -0.15) is 18.2 Å². The molecule has 0 radical (unpaired) electrons. The number of carboxylic acid groups (broad SMARTS) is 1. The lowest BCUT2D eigenvalue weighted by atomic mass is 10.2. The number of carboxylic acids is 1. The number of aliphatic carboxylic acids is 1. The molecule has 0 spiro atoms. The molecule has 3 rings (SSSR count). The van der Waals surface area contributed by atoms with E-state index < -0.39 is 47.2 Å². The number of ether oxygens (including phenoxy) is 3. The molecule has 0 saturated carbocycles. The van der Waals surface area contributed by atoms with Crippen molar-refractivity contribution in [1.29, 1.82) is 0 Å². The van der Waals surface area contributed by atoms with Crippen LogP contribution in [0.1, 0.15) is 5.69 Å². The maximum absolute atomic E-state index is 14.7. The fourth-order valence-electron chi connectivity index (χ4n) is 2.89. The van der Waals surface area contributed by atoms with Crippen molar-refractivity contribution in [2.24, 2.45) is 7.05 Å². The van der Waals surface area contributed by atoms with Gasteiger partial charge >= 0.3 is 11.9 Å². The van der Waals surface area contributed by atoms with Gasteiger partial charge < -0.3 is 29.8 Å². The van der Waals surface area contributed by atoms with Crippen LogP contribution in [0.25, 0.3) is 5.69 Å². The first-order valence-corrected chi connectivity index (χ1v) is 9.38. The van der Waals surface area contributed by atoms with Crippen LogP contribution in [0.2, 0.25) is 0 Å². The van der Waals surface area contributed by atoms with E-state index in [0.29, 0.717) is 6.07 Å². The van der Waals surface area contributed by atoms with Crippen LogP contribution in [-0.4, -0.2) is 33.8 Å². The van der Waals surface area contributed by atoms with Crippen LogP contribution in [-0.2, 0) is 18.0 Å². The Morgan fingerprint density at radius 1 is 1.17 bits per heavy atom. The van der Waals surface area contributed by atoms with E-state index in [-0.39, 0.29) is 44.1 Å². The molecule has 2 heterocycles. The molecular formula is C20H15F4N4O7-. The average Bonchev–Trinajstić information content (AvgIpc) is 2.77. The summed E-state index contributed by atoms with van der Waals surface area (Å²) in [6.07, 6.45) is -5.01. The zero-order valence-electron chi connectivity index (χ0n) is 17.9.